The summed E-state index contributed by atoms with van der Waals surface area (Å²) in [5.41, 5.74) is 5.27. The Kier molecular flexibility index (Phi) is 5.88. The number of amides is 1. The second-order valence-corrected chi connectivity index (χ2v) is 9.28. The summed E-state index contributed by atoms with van der Waals surface area (Å²) in [4.78, 5) is 12.6. The molecule has 6 nitrogen and oxygen atoms in total. The largest absolute Gasteiger partial charge is 0.352 e. The highest BCUT2D eigenvalue weighted by Gasteiger charge is 2.14. The summed E-state index contributed by atoms with van der Waals surface area (Å²) in [5, 5.41) is 7.35. The van der Waals surface area contributed by atoms with Gasteiger partial charge in [-0.05, 0) is 68.7 Å². The van der Waals surface area contributed by atoms with Gasteiger partial charge in [0.1, 0.15) is 0 Å². The standard InChI is InChI=1S/C22H25N3O3S/c1-15-5-10-20(29(4,27)28)14-21(15)22(26)23-12-11-18-6-8-19(9-7-18)25-17(3)13-16(2)24-25/h5-10,13-14H,11-12H2,1-4H3,(H,23,26). The lowest BCUT2D eigenvalue weighted by atomic mass is 10.1. The topological polar surface area (TPSA) is 81.1 Å². The number of nitrogens with one attached hydrogen (secondary N) is 1. The van der Waals surface area contributed by atoms with Crippen LogP contribution < -0.4 is 5.32 Å². The molecule has 0 bridgehead atoms. The molecule has 0 aliphatic heterocycles. The van der Waals surface area contributed by atoms with Crippen LogP contribution in [-0.4, -0.2) is 36.9 Å². The fraction of sp³-hybridized carbons (Fsp3) is 0.273. The van der Waals surface area contributed by atoms with Gasteiger partial charge >= 0.3 is 0 Å². The van der Waals surface area contributed by atoms with Crippen molar-refractivity contribution in [2.45, 2.75) is 32.1 Å². The van der Waals surface area contributed by atoms with Gasteiger partial charge in [-0.25, -0.2) is 13.1 Å². The van der Waals surface area contributed by atoms with Crippen LogP contribution in [0.25, 0.3) is 5.69 Å². The summed E-state index contributed by atoms with van der Waals surface area (Å²) >= 11 is 0. The van der Waals surface area contributed by atoms with Gasteiger partial charge in [0.05, 0.1) is 16.3 Å². The SMILES string of the molecule is Cc1cc(C)n(-c2ccc(CCNC(=O)c3cc(S(C)(=O)=O)ccc3C)cc2)n1. The molecule has 2 aromatic carbocycles. The van der Waals surface area contributed by atoms with E-state index in [-0.39, 0.29) is 10.8 Å². The van der Waals surface area contributed by atoms with Crippen LogP contribution in [0, 0.1) is 20.8 Å². The Hall–Kier alpha value is -2.93. The molecule has 152 valence electrons. The number of aromatic nitrogens is 2. The molecule has 1 heterocycles. The predicted molar refractivity (Wildman–Crippen MR) is 113 cm³/mol. The molecule has 0 atom stereocenters. The highest BCUT2D eigenvalue weighted by Crippen LogP contribution is 2.16. The number of carbonyl (C=O) groups excluding carboxylic acids is 1. The molecule has 0 saturated carbocycles. The fourth-order valence-corrected chi connectivity index (χ4v) is 3.83. The smallest absolute Gasteiger partial charge is 0.251 e. The third-order valence-electron chi connectivity index (χ3n) is 4.77. The van der Waals surface area contributed by atoms with Crippen molar-refractivity contribution >= 4 is 15.7 Å². The maximum Gasteiger partial charge on any atom is 0.251 e. The first kappa shape index (κ1) is 20.8. The van der Waals surface area contributed by atoms with Crippen molar-refractivity contribution in [2.75, 3.05) is 12.8 Å². The Balaban J connectivity index is 1.63. The zero-order valence-electron chi connectivity index (χ0n) is 17.1. The molecular weight excluding hydrogens is 386 g/mol. The van der Waals surface area contributed by atoms with Gasteiger partial charge in [0, 0.05) is 24.1 Å². The van der Waals surface area contributed by atoms with Gasteiger partial charge in [0.25, 0.3) is 5.91 Å². The first-order chi connectivity index (χ1) is 13.6. The molecule has 0 unspecified atom stereocenters. The van der Waals surface area contributed by atoms with Crippen molar-refractivity contribution in [3.05, 3.63) is 76.6 Å². The molecule has 1 N–H and O–H groups in total. The number of rotatable bonds is 6. The Bertz CT molecular complexity index is 1150. The van der Waals surface area contributed by atoms with E-state index in [1.54, 1.807) is 13.0 Å². The summed E-state index contributed by atoms with van der Waals surface area (Å²) in [7, 11) is -3.35. The maximum absolute atomic E-state index is 12.5. The van der Waals surface area contributed by atoms with Gasteiger partial charge in [0.15, 0.2) is 9.84 Å². The molecule has 3 rings (SSSR count). The zero-order chi connectivity index (χ0) is 21.2. The lowest BCUT2D eigenvalue weighted by Crippen LogP contribution is -2.26. The van der Waals surface area contributed by atoms with E-state index in [0.717, 1.165) is 34.5 Å². The van der Waals surface area contributed by atoms with Crippen LogP contribution in [0.2, 0.25) is 0 Å². The van der Waals surface area contributed by atoms with E-state index in [9.17, 15) is 13.2 Å². The van der Waals surface area contributed by atoms with Crippen molar-refractivity contribution in [3.8, 4) is 5.69 Å². The number of nitrogens with zero attached hydrogens (tertiary/aromatic N) is 2. The summed E-state index contributed by atoms with van der Waals surface area (Å²) < 4.78 is 25.4. The molecule has 1 aromatic heterocycles. The minimum Gasteiger partial charge on any atom is -0.352 e. The molecule has 0 fully saturated rings. The van der Waals surface area contributed by atoms with Crippen LogP contribution in [0.1, 0.15) is 32.9 Å². The summed E-state index contributed by atoms with van der Waals surface area (Å²) in [6.45, 7) is 6.23. The van der Waals surface area contributed by atoms with Crippen molar-refractivity contribution < 1.29 is 13.2 Å². The monoisotopic (exact) mass is 411 g/mol. The summed E-state index contributed by atoms with van der Waals surface area (Å²) in [6.07, 6.45) is 1.81. The number of aryl methyl sites for hydroxylation is 3. The van der Waals surface area contributed by atoms with Crippen LogP contribution in [0.15, 0.2) is 53.4 Å². The third-order valence-corrected chi connectivity index (χ3v) is 5.88. The molecule has 0 spiro atoms. The van der Waals surface area contributed by atoms with E-state index in [2.05, 4.69) is 10.4 Å². The van der Waals surface area contributed by atoms with Crippen LogP contribution in [0.3, 0.4) is 0 Å². The quantitative estimate of drug-likeness (QED) is 0.676. The zero-order valence-corrected chi connectivity index (χ0v) is 17.9. The third kappa shape index (κ3) is 4.92. The van der Waals surface area contributed by atoms with Crippen LogP contribution in [0.5, 0.6) is 0 Å². The van der Waals surface area contributed by atoms with Gasteiger partial charge < -0.3 is 5.32 Å². The second kappa shape index (κ2) is 8.21. The number of sulfone groups is 1. The lowest BCUT2D eigenvalue weighted by molar-refractivity contribution is 0.0953. The Morgan fingerprint density at radius 2 is 1.72 bits per heavy atom. The normalized spacial score (nSPS) is 11.4. The number of hydrogen-bond donors (Lipinski definition) is 1. The fourth-order valence-electron chi connectivity index (χ4n) is 3.19. The summed E-state index contributed by atoms with van der Waals surface area (Å²) in [6, 6.07) is 14.7. The van der Waals surface area contributed by atoms with E-state index in [1.807, 2.05) is 48.9 Å². The number of carbonyl (C=O) groups is 1. The molecule has 1 amide bonds. The molecule has 0 radical (unpaired) electrons. The molecule has 7 heteroatoms. The van der Waals surface area contributed by atoms with E-state index in [0.29, 0.717) is 18.5 Å². The van der Waals surface area contributed by atoms with E-state index in [4.69, 9.17) is 0 Å². The maximum atomic E-state index is 12.5. The first-order valence-corrected chi connectivity index (χ1v) is 11.3. The minimum atomic E-state index is -3.35. The van der Waals surface area contributed by atoms with E-state index in [1.165, 1.54) is 12.1 Å². The van der Waals surface area contributed by atoms with Crippen molar-refractivity contribution in [2.24, 2.45) is 0 Å². The van der Waals surface area contributed by atoms with Crippen LogP contribution >= 0.6 is 0 Å². The van der Waals surface area contributed by atoms with E-state index >= 15 is 0 Å². The lowest BCUT2D eigenvalue weighted by Gasteiger charge is -2.10. The molecular formula is C22H25N3O3S. The van der Waals surface area contributed by atoms with Gasteiger partial charge in [0.2, 0.25) is 0 Å². The average molecular weight is 412 g/mol. The number of hydrogen-bond acceptors (Lipinski definition) is 4. The minimum absolute atomic E-state index is 0.146. The molecule has 0 aliphatic carbocycles. The van der Waals surface area contributed by atoms with Crippen molar-refractivity contribution in [3.63, 3.8) is 0 Å². The van der Waals surface area contributed by atoms with Crippen LogP contribution in [0.4, 0.5) is 0 Å². The highest BCUT2D eigenvalue weighted by atomic mass is 32.2. The number of benzene rings is 2. The highest BCUT2D eigenvalue weighted by molar-refractivity contribution is 7.90. The van der Waals surface area contributed by atoms with Gasteiger partial charge in [-0.15, -0.1) is 0 Å². The van der Waals surface area contributed by atoms with Gasteiger partial charge in [-0.1, -0.05) is 18.2 Å². The Morgan fingerprint density at radius 3 is 2.31 bits per heavy atom. The second-order valence-electron chi connectivity index (χ2n) is 7.26. The molecule has 0 saturated heterocycles. The van der Waals surface area contributed by atoms with Gasteiger partial charge in [-0.2, -0.15) is 5.10 Å². The van der Waals surface area contributed by atoms with Crippen molar-refractivity contribution in [1.29, 1.82) is 0 Å². The Labute approximate surface area is 171 Å². The van der Waals surface area contributed by atoms with Gasteiger partial charge in [-0.3, -0.25) is 4.79 Å². The van der Waals surface area contributed by atoms with E-state index < -0.39 is 9.84 Å². The predicted octanol–water partition coefficient (Wildman–Crippen LogP) is 3.17. The first-order valence-electron chi connectivity index (χ1n) is 9.36. The Morgan fingerprint density at radius 1 is 1.03 bits per heavy atom. The van der Waals surface area contributed by atoms with Crippen molar-refractivity contribution in [1.82, 2.24) is 15.1 Å². The summed E-state index contributed by atoms with van der Waals surface area (Å²) in [5.74, 6) is -0.271. The molecule has 3 aromatic rings. The molecule has 0 aliphatic rings. The average Bonchev–Trinajstić information content (AvgIpc) is 2.99. The molecule has 29 heavy (non-hydrogen) atoms. The van der Waals surface area contributed by atoms with Crippen LogP contribution in [-0.2, 0) is 16.3 Å².